The van der Waals surface area contributed by atoms with Crippen molar-refractivity contribution in [2.75, 3.05) is 44.6 Å². The van der Waals surface area contributed by atoms with Crippen LogP contribution in [-0.2, 0) is 19.0 Å². The van der Waals surface area contributed by atoms with Crippen LogP contribution >= 0.6 is 11.3 Å². The molecule has 1 aromatic heterocycles. The van der Waals surface area contributed by atoms with E-state index in [0.717, 1.165) is 51.8 Å². The molecule has 4 aliphatic carbocycles. The Morgan fingerprint density at radius 2 is 1.10 bits per heavy atom. The van der Waals surface area contributed by atoms with Gasteiger partial charge < -0.3 is 23.7 Å². The maximum Gasteiger partial charge on any atom is 0.343 e. The SMILES string of the molecule is C=CC(=O)OCCOCCOCCN(/N=C/c1cc(OC(=O)c2ccc(C3CCC(C4CCC(CCCCC)CC4)CC3)cc2)ccc1OC(=O)c1ccc(C2CCC(C3CCC(CCCCC)CC3)CC2)cc1)c1nc2ccccc2s1. The molecule has 4 aliphatic rings. The molecule has 0 aliphatic heterocycles. The van der Waals surface area contributed by atoms with Crippen molar-refractivity contribution in [3.8, 4) is 11.5 Å². The Hall–Kier alpha value is -5.69. The number of thiazole rings is 1. The third-order valence-corrected chi connectivity index (χ3v) is 20.1. The average Bonchev–Trinajstić information content (AvgIpc) is 3.98. The van der Waals surface area contributed by atoms with Crippen molar-refractivity contribution in [3.05, 3.63) is 131 Å². The lowest BCUT2D eigenvalue weighted by molar-refractivity contribution is -0.139. The highest BCUT2D eigenvalue weighted by molar-refractivity contribution is 7.22. The van der Waals surface area contributed by atoms with E-state index in [4.69, 9.17) is 33.8 Å². The molecule has 0 spiro atoms. The van der Waals surface area contributed by atoms with Crippen LogP contribution in [0.3, 0.4) is 0 Å². The Balaban J connectivity index is 0.846. The first-order valence-electron chi connectivity index (χ1n) is 32.1. The quantitative estimate of drug-likeness (QED) is 0.0114. The van der Waals surface area contributed by atoms with E-state index in [-0.39, 0.29) is 24.7 Å². The van der Waals surface area contributed by atoms with Gasteiger partial charge in [0.1, 0.15) is 18.1 Å². The largest absolute Gasteiger partial charge is 0.460 e. The van der Waals surface area contributed by atoms with Crippen LogP contribution in [0.4, 0.5) is 5.13 Å². The number of ether oxygens (including phenoxy) is 5. The summed E-state index contributed by atoms with van der Waals surface area (Å²) < 4.78 is 29.8. The molecule has 9 rings (SSSR count). The first-order chi connectivity index (χ1) is 40.7. The van der Waals surface area contributed by atoms with Crippen molar-refractivity contribution in [2.24, 2.45) is 40.6 Å². The summed E-state index contributed by atoms with van der Waals surface area (Å²) in [5, 5.41) is 7.34. The fourth-order valence-electron chi connectivity index (χ4n) is 14.0. The number of hydrogen-bond acceptors (Lipinski definition) is 12. The Labute approximate surface area is 499 Å². The van der Waals surface area contributed by atoms with E-state index in [1.807, 2.05) is 48.5 Å². The van der Waals surface area contributed by atoms with Gasteiger partial charge in [-0.3, -0.25) is 0 Å². The van der Waals surface area contributed by atoms with E-state index >= 15 is 0 Å². The first kappa shape index (κ1) is 61.9. The molecule has 0 radical (unpaired) electrons. The predicted molar refractivity (Wildman–Crippen MR) is 335 cm³/mol. The fraction of sp³-hybridized carbons (Fsp3) is 0.563. The molecule has 446 valence electrons. The molecule has 83 heavy (non-hydrogen) atoms. The monoisotopic (exact) mass is 1150 g/mol. The Morgan fingerprint density at radius 1 is 0.590 bits per heavy atom. The highest BCUT2D eigenvalue weighted by Gasteiger charge is 2.33. The number of esters is 3. The standard InChI is InChI=1S/C71H93N3O8S/c1-4-7-9-13-51-17-21-53(22-18-51)55-25-29-57(30-26-55)59-33-37-61(38-34-59)69(76)81-64-41-42-66(82-70(77)62-39-35-60(36-40-62)58-31-27-56(28-32-58)54-23-19-52(20-24-54)14-10-8-5-2)63(49-64)50-72-74(71-73-65-15-11-12-16-67(65)83-71)43-44-78-45-46-79-47-48-80-68(75)6-3/h6,11-12,15-16,33-42,49-58H,3-5,7-10,13-14,17-32,43-48H2,1-2H3/b72-50+. The fourth-order valence-corrected chi connectivity index (χ4v) is 15.0. The van der Waals surface area contributed by atoms with Crippen molar-refractivity contribution in [2.45, 2.75) is 180 Å². The van der Waals surface area contributed by atoms with Gasteiger partial charge in [0.15, 0.2) is 0 Å². The van der Waals surface area contributed by atoms with E-state index in [9.17, 15) is 14.4 Å². The van der Waals surface area contributed by atoms with Gasteiger partial charge in [0.25, 0.3) is 0 Å². The smallest absolute Gasteiger partial charge is 0.343 e. The summed E-state index contributed by atoms with van der Waals surface area (Å²) in [4.78, 5) is 44.2. The molecule has 0 saturated heterocycles. The molecule has 5 aromatic rings. The molecule has 0 bridgehead atoms. The molecule has 12 heteroatoms. The van der Waals surface area contributed by atoms with Crippen LogP contribution < -0.4 is 14.5 Å². The molecular formula is C71H93N3O8S. The van der Waals surface area contributed by atoms with Gasteiger partial charge in [0, 0.05) is 11.6 Å². The minimum Gasteiger partial charge on any atom is -0.460 e. The number of carbonyl (C=O) groups is 3. The van der Waals surface area contributed by atoms with Crippen molar-refractivity contribution < 1.29 is 38.1 Å². The van der Waals surface area contributed by atoms with Gasteiger partial charge in [-0.1, -0.05) is 145 Å². The maximum atomic E-state index is 14.1. The molecule has 0 atom stereocenters. The number of rotatable bonds is 29. The minimum atomic E-state index is -0.493. The topological polar surface area (TPSA) is 126 Å². The number of nitrogens with zero attached hydrogens (tertiary/aromatic N) is 3. The van der Waals surface area contributed by atoms with Crippen LogP contribution in [0, 0.1) is 35.5 Å². The number of unbranched alkanes of at least 4 members (excludes halogenated alkanes) is 4. The minimum absolute atomic E-state index is 0.128. The number of anilines is 1. The second-order valence-electron chi connectivity index (χ2n) is 24.4. The van der Waals surface area contributed by atoms with Crippen LogP contribution in [0.25, 0.3) is 10.2 Å². The number of hydrogen-bond donors (Lipinski definition) is 0. The summed E-state index contributed by atoms with van der Waals surface area (Å²) in [5.74, 6) is 5.48. The zero-order chi connectivity index (χ0) is 57.6. The van der Waals surface area contributed by atoms with Crippen molar-refractivity contribution in [1.82, 2.24) is 4.98 Å². The second-order valence-corrected chi connectivity index (χ2v) is 25.4. The third kappa shape index (κ3) is 18.4. The Kier molecular flexibility index (Phi) is 24.3. The lowest BCUT2D eigenvalue weighted by Gasteiger charge is -2.38. The predicted octanol–water partition coefficient (Wildman–Crippen LogP) is 17.7. The molecule has 0 unspecified atom stereocenters. The Morgan fingerprint density at radius 3 is 1.63 bits per heavy atom. The van der Waals surface area contributed by atoms with Crippen LogP contribution in [0.1, 0.15) is 217 Å². The summed E-state index contributed by atoms with van der Waals surface area (Å²) in [6, 6.07) is 28.9. The van der Waals surface area contributed by atoms with E-state index in [0.29, 0.717) is 60.0 Å². The normalized spacial score (nSPS) is 23.0. The lowest BCUT2D eigenvalue weighted by Crippen LogP contribution is -2.25. The van der Waals surface area contributed by atoms with Crippen molar-refractivity contribution >= 4 is 50.8 Å². The van der Waals surface area contributed by atoms with Crippen LogP contribution in [0.2, 0.25) is 0 Å². The number of hydrazone groups is 1. The van der Waals surface area contributed by atoms with Gasteiger partial charge in [-0.05, 0) is 190 Å². The van der Waals surface area contributed by atoms with Crippen LogP contribution in [0.15, 0.2) is 109 Å². The van der Waals surface area contributed by atoms with Gasteiger partial charge >= 0.3 is 17.9 Å². The molecule has 0 amide bonds. The zero-order valence-corrected chi connectivity index (χ0v) is 50.7. The summed E-state index contributed by atoms with van der Waals surface area (Å²) >= 11 is 1.50. The average molecular weight is 1150 g/mol. The zero-order valence-electron chi connectivity index (χ0n) is 49.9. The van der Waals surface area contributed by atoms with Gasteiger partial charge in [-0.2, -0.15) is 5.10 Å². The third-order valence-electron chi connectivity index (χ3n) is 19.0. The van der Waals surface area contributed by atoms with E-state index in [1.54, 1.807) is 29.4 Å². The highest BCUT2D eigenvalue weighted by Crippen LogP contribution is 2.46. The van der Waals surface area contributed by atoms with Crippen LogP contribution in [0.5, 0.6) is 11.5 Å². The summed E-state index contributed by atoms with van der Waals surface area (Å²) in [5.41, 5.74) is 4.78. The number of benzene rings is 4. The number of aromatic nitrogens is 1. The highest BCUT2D eigenvalue weighted by atomic mass is 32.1. The Bertz CT molecular complexity index is 2780. The van der Waals surface area contributed by atoms with Crippen LogP contribution in [-0.4, -0.2) is 68.7 Å². The molecule has 11 nitrogen and oxygen atoms in total. The van der Waals surface area contributed by atoms with Gasteiger partial charge in [-0.25, -0.2) is 24.4 Å². The second kappa shape index (κ2) is 32.6. The molecule has 4 aromatic carbocycles. The summed E-state index contributed by atoms with van der Waals surface area (Å²) in [6.07, 6.45) is 35.0. The van der Waals surface area contributed by atoms with E-state index < -0.39 is 17.9 Å². The molecule has 4 saturated carbocycles. The number of carbonyl (C=O) groups excluding carboxylic acids is 3. The summed E-state index contributed by atoms with van der Waals surface area (Å²) in [6.45, 7) is 9.63. The molecular weight excluding hydrogens is 1050 g/mol. The molecule has 0 N–H and O–H groups in total. The van der Waals surface area contributed by atoms with Gasteiger partial charge in [-0.15, -0.1) is 0 Å². The number of fused-ring (bicyclic) bond motifs is 1. The van der Waals surface area contributed by atoms with Crippen molar-refractivity contribution in [3.63, 3.8) is 0 Å². The molecule has 1 heterocycles. The lowest BCUT2D eigenvalue weighted by atomic mass is 9.68. The maximum absolute atomic E-state index is 14.1. The van der Waals surface area contributed by atoms with Gasteiger partial charge in [0.2, 0.25) is 5.13 Å². The summed E-state index contributed by atoms with van der Waals surface area (Å²) in [7, 11) is 0. The van der Waals surface area contributed by atoms with E-state index in [1.165, 1.54) is 177 Å². The first-order valence-corrected chi connectivity index (χ1v) is 32.9. The van der Waals surface area contributed by atoms with E-state index in [2.05, 4.69) is 44.7 Å². The van der Waals surface area contributed by atoms with Gasteiger partial charge in [0.05, 0.1) is 60.5 Å². The number of para-hydroxylation sites is 1. The van der Waals surface area contributed by atoms with Crippen molar-refractivity contribution in [1.29, 1.82) is 0 Å². The molecule has 4 fully saturated rings.